The summed E-state index contributed by atoms with van der Waals surface area (Å²) in [6.45, 7) is 8.51. The quantitative estimate of drug-likeness (QED) is 0.402. The van der Waals surface area contributed by atoms with Crippen LogP contribution in [0.2, 0.25) is 0 Å². The zero-order valence-electron chi connectivity index (χ0n) is 7.07. The molecule has 10 heavy (non-hydrogen) atoms. The van der Waals surface area contributed by atoms with Crippen molar-refractivity contribution in [2.24, 2.45) is 5.41 Å². The Bertz CT molecular complexity index is 149. The number of hydrogen-bond donors (Lipinski definition) is 1. The van der Waals surface area contributed by atoms with Crippen molar-refractivity contribution in [3.05, 3.63) is 0 Å². The van der Waals surface area contributed by atoms with Crippen molar-refractivity contribution in [3.63, 3.8) is 0 Å². The lowest BCUT2D eigenvalue weighted by atomic mass is 9.93. The Morgan fingerprint density at radius 3 is 2.30 bits per heavy atom. The molecule has 0 aromatic heterocycles. The second-order valence-corrected chi connectivity index (χ2v) is 3.92. The van der Waals surface area contributed by atoms with E-state index in [-0.39, 0.29) is 0 Å². The minimum Gasteiger partial charge on any atom is -0.360 e. The molecule has 58 valence electrons. The molecule has 1 saturated heterocycles. The third kappa shape index (κ3) is 1.49. The van der Waals surface area contributed by atoms with Crippen molar-refractivity contribution in [1.29, 1.82) is 5.41 Å². The van der Waals surface area contributed by atoms with Crippen LogP contribution in [0.5, 0.6) is 0 Å². The maximum Gasteiger partial charge on any atom is 0.0926 e. The van der Waals surface area contributed by atoms with Gasteiger partial charge in [-0.3, -0.25) is 5.41 Å². The number of likely N-dealkylation sites (tertiary alicyclic amines) is 1. The first-order chi connectivity index (χ1) is 4.51. The average Bonchev–Trinajstić information content (AvgIpc) is 2.10. The lowest BCUT2D eigenvalue weighted by Gasteiger charge is -2.19. The van der Waals surface area contributed by atoms with Crippen molar-refractivity contribution in [2.45, 2.75) is 27.2 Å². The van der Waals surface area contributed by atoms with Gasteiger partial charge in [0.25, 0.3) is 0 Å². The molecule has 0 spiro atoms. The summed E-state index contributed by atoms with van der Waals surface area (Å²) in [6, 6.07) is 0. The summed E-state index contributed by atoms with van der Waals surface area (Å²) in [5, 5.41) is 7.39. The first-order valence-electron chi connectivity index (χ1n) is 3.81. The molecule has 1 N–H and O–H groups in total. The molecule has 1 aliphatic rings. The van der Waals surface area contributed by atoms with Crippen molar-refractivity contribution in [1.82, 2.24) is 4.90 Å². The molecule has 2 nitrogen and oxygen atoms in total. The van der Waals surface area contributed by atoms with Gasteiger partial charge in [0.15, 0.2) is 0 Å². The zero-order chi connectivity index (χ0) is 7.78. The van der Waals surface area contributed by atoms with Gasteiger partial charge in [0.1, 0.15) is 0 Å². The fourth-order valence-electron chi connectivity index (χ4n) is 1.40. The fraction of sp³-hybridized carbons (Fsp3) is 0.875. The van der Waals surface area contributed by atoms with E-state index < -0.39 is 0 Å². The molecule has 1 heterocycles. The van der Waals surface area contributed by atoms with Crippen LogP contribution in [-0.2, 0) is 0 Å². The van der Waals surface area contributed by atoms with Crippen LogP contribution in [0.15, 0.2) is 0 Å². The van der Waals surface area contributed by atoms with Crippen molar-refractivity contribution >= 4 is 5.84 Å². The second-order valence-electron chi connectivity index (χ2n) is 3.92. The summed E-state index contributed by atoms with van der Waals surface area (Å²) in [6.07, 6.45) is 1.23. The fourth-order valence-corrected chi connectivity index (χ4v) is 1.40. The Kier molecular flexibility index (Phi) is 1.71. The lowest BCUT2D eigenvalue weighted by molar-refractivity contribution is 0.374. The topological polar surface area (TPSA) is 27.1 Å². The largest absolute Gasteiger partial charge is 0.360 e. The summed E-state index contributed by atoms with van der Waals surface area (Å²) < 4.78 is 0. The SMILES string of the molecule is CC(=N)N1CCC(C)(C)C1. The molecule has 1 fully saturated rings. The standard InChI is InChI=1S/C8H16N2/c1-7(9)10-5-4-8(2,3)6-10/h9H,4-6H2,1-3H3. The smallest absolute Gasteiger partial charge is 0.0926 e. The van der Waals surface area contributed by atoms with E-state index in [4.69, 9.17) is 5.41 Å². The maximum atomic E-state index is 7.39. The van der Waals surface area contributed by atoms with Crippen molar-refractivity contribution in [2.75, 3.05) is 13.1 Å². The van der Waals surface area contributed by atoms with Crippen LogP contribution in [0.1, 0.15) is 27.2 Å². The summed E-state index contributed by atoms with van der Waals surface area (Å²) >= 11 is 0. The minimum atomic E-state index is 0.433. The van der Waals surface area contributed by atoms with Gasteiger partial charge in [0, 0.05) is 13.1 Å². The third-order valence-electron chi connectivity index (χ3n) is 2.15. The second kappa shape index (κ2) is 2.26. The van der Waals surface area contributed by atoms with E-state index >= 15 is 0 Å². The van der Waals surface area contributed by atoms with Gasteiger partial charge in [-0.25, -0.2) is 0 Å². The highest BCUT2D eigenvalue weighted by Gasteiger charge is 2.28. The first-order valence-corrected chi connectivity index (χ1v) is 3.81. The molecular weight excluding hydrogens is 124 g/mol. The maximum absolute atomic E-state index is 7.39. The molecule has 0 aliphatic carbocycles. The molecule has 0 bridgehead atoms. The number of amidine groups is 1. The summed E-state index contributed by atoms with van der Waals surface area (Å²) in [4.78, 5) is 2.14. The van der Waals surface area contributed by atoms with Gasteiger partial charge in [0.2, 0.25) is 0 Å². The molecule has 1 rings (SSSR count). The van der Waals surface area contributed by atoms with E-state index in [9.17, 15) is 0 Å². The van der Waals surface area contributed by atoms with Crippen LogP contribution in [0.4, 0.5) is 0 Å². The number of nitrogens with zero attached hydrogens (tertiary/aromatic N) is 1. The van der Waals surface area contributed by atoms with Crippen LogP contribution in [-0.4, -0.2) is 23.8 Å². The molecule has 0 aromatic carbocycles. The van der Waals surface area contributed by atoms with E-state index in [1.807, 2.05) is 6.92 Å². The van der Waals surface area contributed by atoms with Gasteiger partial charge in [-0.05, 0) is 18.8 Å². The van der Waals surface area contributed by atoms with Gasteiger partial charge in [0.05, 0.1) is 5.84 Å². The van der Waals surface area contributed by atoms with E-state index in [0.717, 1.165) is 13.1 Å². The highest BCUT2D eigenvalue weighted by molar-refractivity contribution is 5.76. The molecule has 0 amide bonds. The molecule has 2 heteroatoms. The van der Waals surface area contributed by atoms with Crippen LogP contribution in [0.3, 0.4) is 0 Å². The summed E-state index contributed by atoms with van der Waals surface area (Å²) in [5.74, 6) is 0.713. The monoisotopic (exact) mass is 140 g/mol. The Hall–Kier alpha value is -0.530. The predicted octanol–water partition coefficient (Wildman–Crippen LogP) is 1.72. The minimum absolute atomic E-state index is 0.433. The summed E-state index contributed by atoms with van der Waals surface area (Å²) in [7, 11) is 0. The van der Waals surface area contributed by atoms with Crippen molar-refractivity contribution in [3.8, 4) is 0 Å². The van der Waals surface area contributed by atoms with Crippen molar-refractivity contribution < 1.29 is 0 Å². The molecule has 0 radical (unpaired) electrons. The lowest BCUT2D eigenvalue weighted by Crippen LogP contribution is -2.27. The molecule has 0 atom stereocenters. The zero-order valence-corrected chi connectivity index (χ0v) is 7.07. The predicted molar refractivity (Wildman–Crippen MR) is 43.4 cm³/mol. The Morgan fingerprint density at radius 2 is 2.10 bits per heavy atom. The van der Waals surface area contributed by atoms with Gasteiger partial charge in [-0.1, -0.05) is 13.8 Å². The first kappa shape index (κ1) is 7.58. The average molecular weight is 140 g/mol. The highest BCUT2D eigenvalue weighted by Crippen LogP contribution is 2.28. The van der Waals surface area contributed by atoms with E-state index in [0.29, 0.717) is 11.3 Å². The van der Waals surface area contributed by atoms with Crippen LogP contribution < -0.4 is 0 Å². The third-order valence-corrected chi connectivity index (χ3v) is 2.15. The Balaban J connectivity index is 2.51. The highest BCUT2D eigenvalue weighted by atomic mass is 15.2. The number of nitrogens with one attached hydrogen (secondary N) is 1. The van der Waals surface area contributed by atoms with Crippen LogP contribution >= 0.6 is 0 Å². The van der Waals surface area contributed by atoms with Gasteiger partial charge < -0.3 is 4.90 Å². The van der Waals surface area contributed by atoms with E-state index in [1.165, 1.54) is 6.42 Å². The van der Waals surface area contributed by atoms with E-state index in [1.54, 1.807) is 0 Å². The Morgan fingerprint density at radius 1 is 1.50 bits per heavy atom. The molecule has 1 aliphatic heterocycles. The molecule has 0 aromatic rings. The van der Waals surface area contributed by atoms with Gasteiger partial charge >= 0.3 is 0 Å². The molecular formula is C8H16N2. The van der Waals surface area contributed by atoms with Gasteiger partial charge in [-0.2, -0.15) is 0 Å². The molecule has 0 saturated carbocycles. The van der Waals surface area contributed by atoms with Crippen LogP contribution in [0.25, 0.3) is 0 Å². The number of rotatable bonds is 0. The summed E-state index contributed by atoms with van der Waals surface area (Å²) in [5.41, 5.74) is 0.433. The van der Waals surface area contributed by atoms with Crippen LogP contribution in [0, 0.1) is 10.8 Å². The number of hydrogen-bond acceptors (Lipinski definition) is 1. The Labute approximate surface area is 62.7 Å². The molecule has 0 unspecified atom stereocenters. The van der Waals surface area contributed by atoms with Gasteiger partial charge in [-0.15, -0.1) is 0 Å². The normalized spacial score (nSPS) is 23.3. The van der Waals surface area contributed by atoms with E-state index in [2.05, 4.69) is 18.7 Å².